The lowest BCUT2D eigenvalue weighted by Crippen LogP contribution is -2.38. The molecule has 2 aromatic carbocycles. The fourth-order valence-electron chi connectivity index (χ4n) is 5.23. The summed E-state index contributed by atoms with van der Waals surface area (Å²) in [5.41, 5.74) is 1.43. The van der Waals surface area contributed by atoms with Gasteiger partial charge in [0.2, 0.25) is 0 Å². The molecule has 0 aromatic heterocycles. The Morgan fingerprint density at radius 2 is 1.59 bits per heavy atom. The molecule has 4 atom stereocenters. The molecule has 0 aliphatic carbocycles. The second kappa shape index (κ2) is 5.67. The SMILES string of the molecule is O=C1c2ccccc2C(=O)N1N1[C@H](CCc2ccccc2)[C@@]12[C@H]1CCOC(=O)N12. The molecule has 6 rings (SSSR count). The first-order valence-electron chi connectivity index (χ1n) is 9.93. The van der Waals surface area contributed by atoms with Crippen LogP contribution in [0.2, 0.25) is 0 Å². The van der Waals surface area contributed by atoms with E-state index in [0.29, 0.717) is 24.2 Å². The normalized spacial score (nSPS) is 31.6. The number of nitrogens with zero attached hydrogens (tertiary/aromatic N) is 3. The highest BCUT2D eigenvalue weighted by Gasteiger charge is 2.88. The maximum absolute atomic E-state index is 13.0. The number of fused-ring (bicyclic) bond motifs is 4. The Morgan fingerprint density at radius 3 is 2.24 bits per heavy atom. The fraction of sp³-hybridized carbons (Fsp3) is 0.318. The molecule has 7 nitrogen and oxygen atoms in total. The first-order chi connectivity index (χ1) is 14.2. The minimum absolute atomic E-state index is 0.00571. The van der Waals surface area contributed by atoms with E-state index >= 15 is 0 Å². The predicted octanol–water partition coefficient (Wildman–Crippen LogP) is 2.44. The Balaban J connectivity index is 1.33. The van der Waals surface area contributed by atoms with Crippen LogP contribution in [0.5, 0.6) is 0 Å². The Labute approximate surface area is 167 Å². The van der Waals surface area contributed by atoms with Gasteiger partial charge in [-0.3, -0.25) is 14.5 Å². The third-order valence-corrected chi connectivity index (χ3v) is 6.56. The molecule has 3 fully saturated rings. The highest BCUT2D eigenvalue weighted by molar-refractivity contribution is 6.21. The van der Waals surface area contributed by atoms with Gasteiger partial charge in [0, 0.05) is 6.42 Å². The van der Waals surface area contributed by atoms with Crippen LogP contribution < -0.4 is 0 Å². The third kappa shape index (κ3) is 2.08. The van der Waals surface area contributed by atoms with Gasteiger partial charge in [-0.05, 0) is 30.5 Å². The zero-order valence-corrected chi connectivity index (χ0v) is 15.7. The summed E-state index contributed by atoms with van der Waals surface area (Å²) in [7, 11) is 0. The lowest BCUT2D eigenvalue weighted by molar-refractivity contribution is 0.0307. The van der Waals surface area contributed by atoms with Gasteiger partial charge in [-0.25, -0.2) is 4.79 Å². The first-order valence-corrected chi connectivity index (χ1v) is 9.93. The molecule has 4 aliphatic heterocycles. The first kappa shape index (κ1) is 16.7. The van der Waals surface area contributed by atoms with E-state index in [0.717, 1.165) is 12.8 Å². The van der Waals surface area contributed by atoms with Crippen molar-refractivity contribution in [2.75, 3.05) is 6.61 Å². The zero-order valence-electron chi connectivity index (χ0n) is 15.7. The van der Waals surface area contributed by atoms with Gasteiger partial charge in [0.25, 0.3) is 11.8 Å². The van der Waals surface area contributed by atoms with Crippen LogP contribution >= 0.6 is 0 Å². The molecule has 3 amide bonds. The number of hydrogen-bond acceptors (Lipinski definition) is 5. The van der Waals surface area contributed by atoms with Gasteiger partial charge in [0.05, 0.1) is 29.8 Å². The van der Waals surface area contributed by atoms with Crippen LogP contribution in [-0.2, 0) is 11.2 Å². The third-order valence-electron chi connectivity index (χ3n) is 6.56. The maximum atomic E-state index is 13.0. The molecule has 0 saturated carbocycles. The van der Waals surface area contributed by atoms with Crippen LogP contribution in [0.4, 0.5) is 4.79 Å². The number of benzene rings is 2. The minimum Gasteiger partial charge on any atom is -0.449 e. The number of amides is 3. The molecular formula is C22H19N3O4. The summed E-state index contributed by atoms with van der Waals surface area (Å²) in [5.74, 6) is -0.629. The van der Waals surface area contributed by atoms with Crippen LogP contribution in [0, 0.1) is 0 Å². The van der Waals surface area contributed by atoms with Crippen molar-refractivity contribution < 1.29 is 19.1 Å². The number of hydrogen-bond donors (Lipinski definition) is 0. The maximum Gasteiger partial charge on any atom is 0.411 e. The number of cyclic esters (lactones) is 1. The standard InChI is InChI=1S/C22H19N3O4/c26-19-15-8-4-5-9-16(15)20(27)24(19)25-18(11-10-14-6-2-1-3-7-14)22(25)17-12-13-29-21(28)23(17)22/h1-9,17-18H,10-13H2/t17-,18-,22-,23?,25?/m1/s1. The Morgan fingerprint density at radius 1 is 0.931 bits per heavy atom. The molecular weight excluding hydrogens is 370 g/mol. The van der Waals surface area contributed by atoms with Gasteiger partial charge in [0.1, 0.15) is 0 Å². The average Bonchev–Trinajstić information content (AvgIpc) is 3.59. The van der Waals surface area contributed by atoms with Crippen molar-refractivity contribution in [3.05, 3.63) is 71.3 Å². The second-order valence-corrected chi connectivity index (χ2v) is 7.92. The quantitative estimate of drug-likeness (QED) is 0.593. The molecule has 146 valence electrons. The molecule has 0 bridgehead atoms. The molecule has 1 spiro atoms. The largest absolute Gasteiger partial charge is 0.449 e. The zero-order chi connectivity index (χ0) is 19.8. The Hall–Kier alpha value is -3.19. The van der Waals surface area contributed by atoms with Crippen molar-refractivity contribution in [2.24, 2.45) is 0 Å². The molecule has 0 radical (unpaired) electrons. The van der Waals surface area contributed by atoms with Crippen LogP contribution in [0.1, 0.15) is 39.1 Å². The lowest BCUT2D eigenvalue weighted by Gasteiger charge is -2.16. The number of carbonyl (C=O) groups is 3. The van der Waals surface area contributed by atoms with Crippen molar-refractivity contribution >= 4 is 17.9 Å². The van der Waals surface area contributed by atoms with Gasteiger partial charge >= 0.3 is 6.09 Å². The summed E-state index contributed by atoms with van der Waals surface area (Å²) < 4.78 is 5.22. The number of imide groups is 1. The molecule has 4 aliphatic rings. The van der Waals surface area contributed by atoms with Gasteiger partial charge in [0.15, 0.2) is 5.66 Å². The molecule has 4 heterocycles. The van der Waals surface area contributed by atoms with Crippen molar-refractivity contribution in [3.63, 3.8) is 0 Å². The summed E-state index contributed by atoms with van der Waals surface area (Å²) >= 11 is 0. The molecule has 2 aromatic rings. The summed E-state index contributed by atoms with van der Waals surface area (Å²) in [4.78, 5) is 40.1. The minimum atomic E-state index is -0.601. The van der Waals surface area contributed by atoms with Gasteiger partial charge in [-0.2, -0.15) is 10.0 Å². The Kier molecular flexibility index (Phi) is 3.27. The summed E-state index contributed by atoms with van der Waals surface area (Å²) in [6, 6.07) is 16.9. The van der Waals surface area contributed by atoms with Gasteiger partial charge in [-0.15, -0.1) is 0 Å². The number of hydrazine groups is 1. The van der Waals surface area contributed by atoms with Crippen LogP contribution in [-0.4, -0.2) is 57.2 Å². The monoisotopic (exact) mass is 389 g/mol. The van der Waals surface area contributed by atoms with Gasteiger partial charge in [-0.1, -0.05) is 42.5 Å². The number of aryl methyl sites for hydroxylation is 1. The number of carbonyl (C=O) groups excluding carboxylic acids is 3. The summed E-state index contributed by atoms with van der Waals surface area (Å²) in [5, 5.41) is 3.09. The predicted molar refractivity (Wildman–Crippen MR) is 102 cm³/mol. The van der Waals surface area contributed by atoms with Gasteiger partial charge < -0.3 is 4.74 Å². The van der Waals surface area contributed by atoms with Crippen molar-refractivity contribution in [1.29, 1.82) is 0 Å². The molecule has 7 heteroatoms. The molecule has 3 saturated heterocycles. The van der Waals surface area contributed by atoms with E-state index in [1.54, 1.807) is 29.2 Å². The van der Waals surface area contributed by atoms with E-state index in [2.05, 4.69) is 12.1 Å². The fourth-order valence-corrected chi connectivity index (χ4v) is 5.23. The van der Waals surface area contributed by atoms with E-state index < -0.39 is 5.66 Å². The molecule has 29 heavy (non-hydrogen) atoms. The lowest BCUT2D eigenvalue weighted by atomic mass is 10.1. The summed E-state index contributed by atoms with van der Waals surface area (Å²) in [6.45, 7) is 0.378. The van der Waals surface area contributed by atoms with E-state index in [1.165, 1.54) is 10.6 Å². The average molecular weight is 389 g/mol. The van der Waals surface area contributed by atoms with Crippen LogP contribution in [0.15, 0.2) is 54.6 Å². The number of ether oxygens (including phenoxy) is 1. The van der Waals surface area contributed by atoms with E-state index in [-0.39, 0.29) is 30.0 Å². The van der Waals surface area contributed by atoms with Crippen LogP contribution in [0.3, 0.4) is 0 Å². The Bertz CT molecular complexity index is 1020. The topological polar surface area (TPSA) is 69.7 Å². The van der Waals surface area contributed by atoms with E-state index in [1.807, 2.05) is 23.2 Å². The van der Waals surface area contributed by atoms with Crippen LogP contribution in [0.25, 0.3) is 0 Å². The molecule has 1 unspecified atom stereocenters. The second-order valence-electron chi connectivity index (χ2n) is 7.92. The van der Waals surface area contributed by atoms with E-state index in [4.69, 9.17) is 4.74 Å². The number of rotatable bonds is 4. The van der Waals surface area contributed by atoms with E-state index in [9.17, 15) is 14.4 Å². The summed E-state index contributed by atoms with van der Waals surface area (Å²) in [6.07, 6.45) is 1.91. The molecule has 0 N–H and O–H groups in total. The highest BCUT2D eigenvalue weighted by atomic mass is 16.6. The highest BCUT2D eigenvalue weighted by Crippen LogP contribution is 2.65. The van der Waals surface area contributed by atoms with Crippen molar-refractivity contribution in [1.82, 2.24) is 14.9 Å². The van der Waals surface area contributed by atoms with Crippen molar-refractivity contribution in [3.8, 4) is 0 Å². The van der Waals surface area contributed by atoms with Crippen molar-refractivity contribution in [2.45, 2.75) is 37.0 Å². The smallest absolute Gasteiger partial charge is 0.411 e.